The maximum atomic E-state index is 12.0. The molecule has 7 aromatic carbocycles. The van der Waals surface area contributed by atoms with Crippen LogP contribution in [0.25, 0.3) is 33.8 Å². The molecule has 704 valence electrons. The third kappa shape index (κ3) is 88.7. The molecule has 0 aliphatic carbocycles. The smallest absolute Gasteiger partial charge is 1.00 e. The second kappa shape index (κ2) is 112. The van der Waals surface area contributed by atoms with Crippen molar-refractivity contribution >= 4 is 159 Å². The van der Waals surface area contributed by atoms with Crippen molar-refractivity contribution in [2.45, 2.75) is 217 Å². The number of hydrogen-bond acceptors (Lipinski definition) is 20. The molecule has 3 heterocycles. The number of carbonyl (C=O) groups is 11. The SMILES string of the molecule is C.C.C.C.C.CC.CC.CC.CC.CC.CC.CC.CC.CC.CC(=O)OB(OC(C)=O)OC(C)=O.CC(C)=O.CC=O.CNC(C)=O.CNC(C)=O.I[I-]I.O=C(Nc1nc(-c2ccccc2)cs1)c1ccccc1.O=C(Nc1nc(-c2ccccc2)cs1)c1ccccc1.O=C(Nc1nc(-c2ccccc2)cs1)c1ccccc1.O=C(O)c1ccccc1.[H-].[Na+]. The van der Waals surface area contributed by atoms with Gasteiger partial charge in [0.15, 0.2) is 15.4 Å². The van der Waals surface area contributed by atoms with Gasteiger partial charge in [-0.3, -0.25) is 54.3 Å². The number of Topliss-reactive ketones (excluding diaryl/α,β-unsaturated/α-hetero) is 1. The number of carbonyl (C=O) groups excluding carboxylic acids is 10. The van der Waals surface area contributed by atoms with E-state index in [0.717, 1.165) is 60.8 Å². The Balaban J connectivity index is -0.0000000787. The number of anilines is 3. The number of rotatable bonds is 13. The number of aromatic carboxylic acids is 1. The summed E-state index contributed by atoms with van der Waals surface area (Å²) in [6.07, 6.45) is 0.750. The van der Waals surface area contributed by atoms with E-state index in [-0.39, 0.29) is 103 Å². The van der Waals surface area contributed by atoms with E-state index in [9.17, 15) is 47.9 Å². The van der Waals surface area contributed by atoms with Gasteiger partial charge in [0.2, 0.25) is 11.8 Å². The Morgan fingerprint density at radius 2 is 0.508 bits per heavy atom. The molecular formula is C95H150BI3N8NaO15S3-. The summed E-state index contributed by atoms with van der Waals surface area (Å²) in [4.78, 5) is 128. The maximum absolute atomic E-state index is 12.0. The molecule has 10 rings (SSSR count). The summed E-state index contributed by atoms with van der Waals surface area (Å²) in [5.74, 6) is -3.27. The van der Waals surface area contributed by atoms with Crippen LogP contribution in [0.15, 0.2) is 228 Å². The molecule has 5 amide bonds. The normalized spacial score (nSPS) is 7.83. The molecule has 3 aromatic heterocycles. The van der Waals surface area contributed by atoms with Crippen LogP contribution in [-0.4, -0.2) is 107 Å². The summed E-state index contributed by atoms with van der Waals surface area (Å²) in [6.45, 7) is 46.7. The summed E-state index contributed by atoms with van der Waals surface area (Å²) < 4.78 is 13.0. The van der Waals surface area contributed by atoms with Crippen LogP contribution >= 0.6 is 71.2 Å². The third-order valence-corrected chi connectivity index (χ3v) is 13.3. The summed E-state index contributed by atoms with van der Waals surface area (Å²) in [7, 11) is 1.61. The average Bonchev–Trinajstić information content (AvgIpc) is 1.70. The van der Waals surface area contributed by atoms with Crippen molar-refractivity contribution in [1.82, 2.24) is 25.6 Å². The van der Waals surface area contributed by atoms with E-state index in [2.05, 4.69) is 92.7 Å². The fourth-order valence-corrected chi connectivity index (χ4v) is 8.70. The largest absolute Gasteiger partial charge is 1.00 e. The third-order valence-electron chi connectivity index (χ3n) is 11.0. The van der Waals surface area contributed by atoms with E-state index in [4.69, 9.17) is 9.90 Å². The molecule has 0 radical (unpaired) electrons. The van der Waals surface area contributed by atoms with Gasteiger partial charge in [-0.1, -0.05) is 326 Å². The molecule has 126 heavy (non-hydrogen) atoms. The summed E-state index contributed by atoms with van der Waals surface area (Å²) in [5, 5.41) is 29.3. The van der Waals surface area contributed by atoms with Crippen LogP contribution < -0.4 is 69.4 Å². The molecule has 0 saturated carbocycles. The van der Waals surface area contributed by atoms with E-state index in [1.807, 2.05) is 286 Å². The first-order chi connectivity index (χ1) is 57.8. The van der Waals surface area contributed by atoms with E-state index in [1.54, 1.807) is 80.8 Å². The van der Waals surface area contributed by atoms with E-state index in [1.165, 1.54) is 68.6 Å². The molecule has 0 atom stereocenters. The van der Waals surface area contributed by atoms with Crippen LogP contribution in [0.1, 0.15) is 260 Å². The van der Waals surface area contributed by atoms with Gasteiger partial charge in [-0.2, -0.15) is 0 Å². The summed E-state index contributed by atoms with van der Waals surface area (Å²) in [5.41, 5.74) is 7.98. The summed E-state index contributed by atoms with van der Waals surface area (Å²) >= 11 is 9.57. The van der Waals surface area contributed by atoms with Crippen molar-refractivity contribution in [1.29, 1.82) is 0 Å². The van der Waals surface area contributed by atoms with Gasteiger partial charge in [-0.05, 0) is 69.3 Å². The van der Waals surface area contributed by atoms with Gasteiger partial charge in [0, 0.05) is 98.2 Å². The fraction of sp³-hybridized carbons (Fsp3) is 0.347. The number of carboxylic acids is 1. The quantitative estimate of drug-likeness (QED) is 0.0355. The molecular weight excluding hydrogens is 2000 g/mol. The number of carboxylic acid groups (broad SMARTS) is 1. The average molecular weight is 2160 g/mol. The van der Waals surface area contributed by atoms with Gasteiger partial charge < -0.3 is 40.7 Å². The Morgan fingerprint density at radius 1 is 0.357 bits per heavy atom. The fourth-order valence-electron chi connectivity index (χ4n) is 6.55. The van der Waals surface area contributed by atoms with Crippen molar-refractivity contribution in [2.75, 3.05) is 30.0 Å². The Hall–Kier alpha value is -8.75. The van der Waals surface area contributed by atoms with Crippen molar-refractivity contribution in [3.63, 3.8) is 0 Å². The number of nitrogens with one attached hydrogen (secondary N) is 5. The first-order valence-electron chi connectivity index (χ1n) is 38.8. The van der Waals surface area contributed by atoms with Crippen LogP contribution in [0.5, 0.6) is 0 Å². The zero-order valence-corrected chi connectivity index (χ0v) is 86.9. The van der Waals surface area contributed by atoms with Crippen LogP contribution in [0, 0.1) is 0 Å². The molecule has 23 nitrogen and oxygen atoms in total. The Bertz CT molecular complexity index is 3770. The van der Waals surface area contributed by atoms with Crippen LogP contribution in [0.2, 0.25) is 0 Å². The molecule has 0 bridgehead atoms. The van der Waals surface area contributed by atoms with Gasteiger partial charge in [0.1, 0.15) is 12.1 Å². The monoisotopic (exact) mass is 2150 g/mol. The maximum Gasteiger partial charge on any atom is 1.00 e. The predicted octanol–water partition coefficient (Wildman–Crippen LogP) is 21.8. The molecule has 0 spiro atoms. The molecule has 0 unspecified atom stereocenters. The van der Waals surface area contributed by atoms with Crippen LogP contribution in [0.4, 0.5) is 15.4 Å². The number of aromatic nitrogens is 3. The molecule has 31 heteroatoms. The van der Waals surface area contributed by atoms with Crippen LogP contribution in [-0.2, 0) is 47.5 Å². The molecule has 0 saturated heterocycles. The van der Waals surface area contributed by atoms with Crippen molar-refractivity contribution in [2.24, 2.45) is 0 Å². The number of aldehydes is 1. The molecule has 0 fully saturated rings. The topological polar surface area (TPSA) is 335 Å². The van der Waals surface area contributed by atoms with Crippen molar-refractivity contribution in [3.05, 3.63) is 251 Å². The number of hydrogen-bond donors (Lipinski definition) is 6. The van der Waals surface area contributed by atoms with E-state index in [0.29, 0.717) is 50.9 Å². The van der Waals surface area contributed by atoms with Crippen LogP contribution in [0.3, 0.4) is 0 Å². The molecule has 6 N–H and O–H groups in total. The Kier molecular flexibility index (Phi) is 135. The van der Waals surface area contributed by atoms with Gasteiger partial charge in [-0.15, -0.1) is 34.0 Å². The van der Waals surface area contributed by atoms with Crippen molar-refractivity contribution < 1.29 is 116 Å². The van der Waals surface area contributed by atoms with E-state index >= 15 is 0 Å². The van der Waals surface area contributed by atoms with Gasteiger partial charge >= 0.3 is 93.3 Å². The van der Waals surface area contributed by atoms with Gasteiger partial charge in [-0.25, -0.2) is 19.7 Å². The number of thiazole rings is 3. The molecule has 0 aliphatic heterocycles. The Labute approximate surface area is 824 Å². The first-order valence-corrected chi connectivity index (χ1v) is 54.0. The number of halogens is 3. The van der Waals surface area contributed by atoms with Gasteiger partial charge in [0.25, 0.3) is 35.6 Å². The Morgan fingerprint density at radius 3 is 0.643 bits per heavy atom. The van der Waals surface area contributed by atoms with Gasteiger partial charge in [0.05, 0.1) is 22.6 Å². The number of benzene rings is 7. The van der Waals surface area contributed by atoms with Crippen molar-refractivity contribution in [3.8, 4) is 33.8 Å². The minimum atomic E-state index is -1.59. The number of ketones is 1. The number of amides is 5. The molecule has 0 aliphatic rings. The molecule has 10 aromatic rings. The second-order valence-electron chi connectivity index (χ2n) is 19.3. The first kappa shape index (κ1) is 152. The standard InChI is InChI=1S/3C16H12N2OS.C7H6O2.C6H9BO6.2C3H7NO.C3H6O.C2H4O.9C2H6.5CH4.I3.Na.H/c3*19-15(13-9-5-2-6-10-13)18-16-17-14(11-20-16)12-7-3-1-4-8-12;8-7(9)6-4-2-1-3-5-6;1-4(8)11-7(12-5(2)9)13-6(3)10;2*1-3(5)4-2;1-3(2)4;1-2-3;9*1-2;;;;;;1-3-2;;/h3*1-11H,(H,17,18,19);1-5H,(H,8,9);1-3H3;2*1-2H3,(H,4,5);1-2H3;2H,1H3;9*1-2H3;5*1H4;;;/q;;;;;;;;;;;;;;;;;;;;;;;-1;+1;-1. The predicted molar refractivity (Wildman–Crippen MR) is 553 cm³/mol. The number of nitrogens with zero attached hydrogens (tertiary/aromatic N) is 3. The zero-order valence-electron chi connectivity index (χ0n) is 77.0. The minimum Gasteiger partial charge on any atom is -1.00 e. The zero-order chi connectivity index (χ0) is 94.0. The second-order valence-corrected chi connectivity index (χ2v) is 38.1. The van der Waals surface area contributed by atoms with E-state index < -0.39 is 31.2 Å². The minimum absolute atomic E-state index is 0. The summed E-state index contributed by atoms with van der Waals surface area (Å²) in [6, 6.07) is 65.4.